The molecule has 0 aromatic carbocycles. The third-order valence-corrected chi connectivity index (χ3v) is 6.19. The number of rotatable bonds is 1. The molecule has 2 aliphatic rings. The van der Waals surface area contributed by atoms with Crippen LogP contribution in [0.3, 0.4) is 0 Å². The number of aliphatic imine (C=N–C) groups is 1. The average molecular weight is 302 g/mol. The number of carbonyl (C=O) groups is 1. The van der Waals surface area contributed by atoms with Crippen molar-refractivity contribution in [1.82, 2.24) is 0 Å². The van der Waals surface area contributed by atoms with Gasteiger partial charge in [-0.1, -0.05) is 6.07 Å². The van der Waals surface area contributed by atoms with E-state index in [4.69, 9.17) is 0 Å². The number of anilines is 1. The smallest absolute Gasteiger partial charge is 0.249 e. The zero-order valence-corrected chi connectivity index (χ0v) is 12.8. The molecule has 5 heteroatoms. The highest BCUT2D eigenvalue weighted by molar-refractivity contribution is 7.17. The molecule has 3 heterocycles. The summed E-state index contributed by atoms with van der Waals surface area (Å²) in [5.74, 6) is 0.0812. The molecule has 0 fully saturated rings. The lowest BCUT2D eigenvalue weighted by Gasteiger charge is -2.14. The van der Waals surface area contributed by atoms with Crippen LogP contribution < -0.4 is 4.90 Å². The van der Waals surface area contributed by atoms with Crippen LogP contribution >= 0.6 is 22.7 Å². The Hall–Kier alpha value is -1.46. The molecule has 4 rings (SSSR count). The minimum atomic E-state index is 0.0812. The molecule has 1 amide bonds. The number of hydrogen-bond donors (Lipinski definition) is 0. The summed E-state index contributed by atoms with van der Waals surface area (Å²) in [7, 11) is 1.87. The number of aryl methyl sites for hydroxylation is 1. The van der Waals surface area contributed by atoms with Gasteiger partial charge in [-0.25, -0.2) is 0 Å². The maximum absolute atomic E-state index is 12.1. The van der Waals surface area contributed by atoms with Gasteiger partial charge in [-0.15, -0.1) is 22.7 Å². The Balaban J connectivity index is 1.98. The number of hydrogen-bond acceptors (Lipinski definition) is 4. The number of likely N-dealkylation sites (N-methyl/N-ethyl adjacent to an activating group) is 1. The third-order valence-electron chi connectivity index (χ3n) is 3.95. The summed E-state index contributed by atoms with van der Waals surface area (Å²) in [4.78, 5) is 21.2. The molecule has 0 saturated carbocycles. The maximum Gasteiger partial charge on any atom is 0.249 e. The van der Waals surface area contributed by atoms with E-state index in [2.05, 4.69) is 16.4 Å². The summed E-state index contributed by atoms with van der Waals surface area (Å²) in [5.41, 5.74) is 3.67. The lowest BCUT2D eigenvalue weighted by molar-refractivity contribution is -0.116. The van der Waals surface area contributed by atoms with Gasteiger partial charge in [-0.05, 0) is 36.3 Å². The maximum atomic E-state index is 12.1. The third kappa shape index (κ3) is 1.70. The SMILES string of the molecule is CN1C(=O)CN=C(c2cccs2)c2c1sc1c2CCC1. The van der Waals surface area contributed by atoms with E-state index in [1.165, 1.54) is 27.3 Å². The Kier molecular flexibility index (Phi) is 2.79. The van der Waals surface area contributed by atoms with Gasteiger partial charge in [-0.2, -0.15) is 0 Å². The molecular formula is C15H14N2OS2. The monoisotopic (exact) mass is 302 g/mol. The molecule has 2 aromatic rings. The van der Waals surface area contributed by atoms with E-state index in [0.29, 0.717) is 0 Å². The van der Waals surface area contributed by atoms with E-state index in [1.54, 1.807) is 27.6 Å². The highest BCUT2D eigenvalue weighted by atomic mass is 32.1. The largest absolute Gasteiger partial charge is 0.305 e. The summed E-state index contributed by atoms with van der Waals surface area (Å²) < 4.78 is 0. The van der Waals surface area contributed by atoms with Crippen molar-refractivity contribution in [2.24, 2.45) is 4.99 Å². The molecule has 0 spiro atoms. The van der Waals surface area contributed by atoms with Gasteiger partial charge in [0.05, 0.1) is 10.6 Å². The first-order valence-electron chi connectivity index (χ1n) is 6.75. The van der Waals surface area contributed by atoms with E-state index >= 15 is 0 Å². The van der Waals surface area contributed by atoms with Crippen LogP contribution in [0.2, 0.25) is 0 Å². The first-order valence-corrected chi connectivity index (χ1v) is 8.45. The van der Waals surface area contributed by atoms with Crippen LogP contribution in [0.4, 0.5) is 5.00 Å². The highest BCUT2D eigenvalue weighted by Crippen LogP contribution is 2.43. The van der Waals surface area contributed by atoms with Crippen molar-refractivity contribution in [2.75, 3.05) is 18.5 Å². The molecule has 0 N–H and O–H groups in total. The molecule has 20 heavy (non-hydrogen) atoms. The van der Waals surface area contributed by atoms with Gasteiger partial charge < -0.3 is 4.90 Å². The van der Waals surface area contributed by atoms with Gasteiger partial charge in [0.1, 0.15) is 11.5 Å². The van der Waals surface area contributed by atoms with Crippen LogP contribution in [-0.4, -0.2) is 25.2 Å². The van der Waals surface area contributed by atoms with Gasteiger partial charge in [-0.3, -0.25) is 9.79 Å². The zero-order chi connectivity index (χ0) is 13.7. The lowest BCUT2D eigenvalue weighted by Crippen LogP contribution is -2.27. The highest BCUT2D eigenvalue weighted by Gasteiger charge is 2.31. The molecule has 0 saturated heterocycles. The van der Waals surface area contributed by atoms with Gasteiger partial charge in [0.25, 0.3) is 0 Å². The van der Waals surface area contributed by atoms with Crippen LogP contribution in [0.5, 0.6) is 0 Å². The Labute approximate surface area is 125 Å². The van der Waals surface area contributed by atoms with Crippen molar-refractivity contribution in [3.05, 3.63) is 38.4 Å². The van der Waals surface area contributed by atoms with Crippen molar-refractivity contribution in [3.63, 3.8) is 0 Å². The summed E-state index contributed by atoms with van der Waals surface area (Å²) in [5, 5.41) is 3.16. The van der Waals surface area contributed by atoms with Gasteiger partial charge in [0.15, 0.2) is 0 Å². The molecule has 0 bridgehead atoms. The molecule has 2 aromatic heterocycles. The predicted molar refractivity (Wildman–Crippen MR) is 84.6 cm³/mol. The second-order valence-corrected chi connectivity index (χ2v) is 7.16. The van der Waals surface area contributed by atoms with E-state index in [0.717, 1.165) is 23.6 Å². The van der Waals surface area contributed by atoms with Gasteiger partial charge in [0.2, 0.25) is 5.91 Å². The van der Waals surface area contributed by atoms with Crippen LogP contribution in [0, 0.1) is 0 Å². The van der Waals surface area contributed by atoms with Crippen molar-refractivity contribution in [3.8, 4) is 0 Å². The molecule has 1 aliphatic carbocycles. The topological polar surface area (TPSA) is 32.7 Å². The Morgan fingerprint density at radius 2 is 2.25 bits per heavy atom. The van der Waals surface area contributed by atoms with Crippen LogP contribution in [0.1, 0.15) is 27.3 Å². The average Bonchev–Trinajstić information content (AvgIpc) is 3.13. The first-order chi connectivity index (χ1) is 9.75. The van der Waals surface area contributed by atoms with Crippen molar-refractivity contribution >= 4 is 39.3 Å². The molecule has 0 radical (unpaired) electrons. The van der Waals surface area contributed by atoms with Crippen LogP contribution in [-0.2, 0) is 17.6 Å². The Bertz CT molecular complexity index is 713. The molecule has 3 nitrogen and oxygen atoms in total. The molecule has 102 valence electrons. The Morgan fingerprint density at radius 1 is 1.35 bits per heavy atom. The quantitative estimate of drug-likeness (QED) is 0.796. The van der Waals surface area contributed by atoms with Crippen LogP contribution in [0.25, 0.3) is 0 Å². The fraction of sp³-hybridized carbons (Fsp3) is 0.333. The number of amides is 1. The second-order valence-electron chi connectivity index (χ2n) is 5.13. The zero-order valence-electron chi connectivity index (χ0n) is 11.2. The fourth-order valence-electron chi connectivity index (χ4n) is 2.93. The lowest BCUT2D eigenvalue weighted by atomic mass is 10.0. The van der Waals surface area contributed by atoms with E-state index in [-0.39, 0.29) is 12.5 Å². The molecule has 1 aliphatic heterocycles. The van der Waals surface area contributed by atoms with Gasteiger partial charge >= 0.3 is 0 Å². The fourth-order valence-corrected chi connectivity index (χ4v) is 5.04. The number of thiophene rings is 2. The van der Waals surface area contributed by atoms with Gasteiger partial charge in [0, 0.05) is 17.5 Å². The van der Waals surface area contributed by atoms with E-state index in [1.807, 2.05) is 13.1 Å². The number of carbonyl (C=O) groups excluding carboxylic acids is 1. The number of nitrogens with zero attached hydrogens (tertiary/aromatic N) is 2. The first kappa shape index (κ1) is 12.3. The van der Waals surface area contributed by atoms with Crippen LogP contribution in [0.15, 0.2) is 22.5 Å². The summed E-state index contributed by atoms with van der Waals surface area (Å²) >= 11 is 3.48. The molecular weight excluding hydrogens is 288 g/mol. The Morgan fingerprint density at radius 3 is 3.05 bits per heavy atom. The molecule has 0 unspecified atom stereocenters. The summed E-state index contributed by atoms with van der Waals surface area (Å²) in [6.07, 6.45) is 3.49. The molecule has 0 atom stereocenters. The van der Waals surface area contributed by atoms with Crippen molar-refractivity contribution < 1.29 is 4.79 Å². The number of fused-ring (bicyclic) bond motifs is 3. The van der Waals surface area contributed by atoms with Crippen molar-refractivity contribution in [1.29, 1.82) is 0 Å². The summed E-state index contributed by atoms with van der Waals surface area (Å²) in [6.45, 7) is 0.250. The predicted octanol–water partition coefficient (Wildman–Crippen LogP) is 3.11. The summed E-state index contributed by atoms with van der Waals surface area (Å²) in [6, 6.07) is 4.15. The minimum Gasteiger partial charge on any atom is -0.305 e. The van der Waals surface area contributed by atoms with E-state index < -0.39 is 0 Å². The van der Waals surface area contributed by atoms with E-state index in [9.17, 15) is 4.79 Å². The standard InChI is InChI=1S/C15H14N2OS2/c1-17-12(18)8-16-14(11-6-3-7-19-11)13-9-4-2-5-10(9)20-15(13)17/h3,6-7H,2,4-5,8H2,1H3. The minimum absolute atomic E-state index is 0.0812. The van der Waals surface area contributed by atoms with Crippen molar-refractivity contribution in [2.45, 2.75) is 19.3 Å². The normalized spacial score (nSPS) is 17.8. The second kappa shape index (κ2) is 4.53.